The van der Waals surface area contributed by atoms with E-state index in [0.29, 0.717) is 11.4 Å². The molecule has 3 aromatic carbocycles. The number of thiocarbonyl (C=S) groups is 1. The highest BCUT2D eigenvalue weighted by Crippen LogP contribution is 2.25. The van der Waals surface area contributed by atoms with Crippen molar-refractivity contribution in [3.63, 3.8) is 0 Å². The van der Waals surface area contributed by atoms with Crippen LogP contribution in [0.25, 0.3) is 0 Å². The Morgan fingerprint density at radius 1 is 0.938 bits per heavy atom. The molecule has 166 valence electrons. The van der Waals surface area contributed by atoms with Crippen molar-refractivity contribution in [3.05, 3.63) is 90.0 Å². The van der Waals surface area contributed by atoms with Crippen molar-refractivity contribution >= 4 is 28.9 Å². The monoisotopic (exact) mass is 460 g/mol. The number of anilines is 1. The lowest BCUT2D eigenvalue weighted by molar-refractivity contribution is -0.274. The van der Waals surface area contributed by atoms with Crippen molar-refractivity contribution in [2.45, 2.75) is 19.4 Å². The largest absolute Gasteiger partial charge is 0.573 e. The Morgan fingerprint density at radius 3 is 2.28 bits per heavy atom. The molecule has 0 heterocycles. The number of carbonyl (C=O) groups is 1. The van der Waals surface area contributed by atoms with Crippen LogP contribution in [-0.4, -0.2) is 17.4 Å². The van der Waals surface area contributed by atoms with Crippen molar-refractivity contribution in [2.24, 2.45) is 0 Å². The first-order valence-corrected chi connectivity index (χ1v) is 9.90. The Hall–Kier alpha value is -3.59. The van der Waals surface area contributed by atoms with Gasteiger partial charge in [0.1, 0.15) is 17.6 Å². The second-order valence-corrected chi connectivity index (χ2v) is 7.09. The third-order valence-electron chi connectivity index (χ3n) is 4.25. The fourth-order valence-electron chi connectivity index (χ4n) is 2.79. The summed E-state index contributed by atoms with van der Waals surface area (Å²) in [5, 5.41) is 5.39. The van der Waals surface area contributed by atoms with Gasteiger partial charge in [-0.3, -0.25) is 10.1 Å². The predicted molar refractivity (Wildman–Crippen MR) is 119 cm³/mol. The highest BCUT2D eigenvalue weighted by atomic mass is 32.1. The Labute approximate surface area is 188 Å². The summed E-state index contributed by atoms with van der Waals surface area (Å²) in [4.78, 5) is 12.3. The molecule has 0 aliphatic heterocycles. The molecular formula is C23H19F3N2O3S. The first-order chi connectivity index (χ1) is 15.2. The predicted octanol–water partition coefficient (Wildman–Crippen LogP) is 5.85. The SMILES string of the molecule is C[C@H](Oc1cccc(NC(=S)NC(=O)c2ccc(OC(F)(F)F)cc2)c1)c1ccccc1. The van der Waals surface area contributed by atoms with E-state index in [9.17, 15) is 18.0 Å². The summed E-state index contributed by atoms with van der Waals surface area (Å²) in [7, 11) is 0. The van der Waals surface area contributed by atoms with E-state index in [4.69, 9.17) is 17.0 Å². The van der Waals surface area contributed by atoms with Gasteiger partial charge in [-0.05, 0) is 61.1 Å². The summed E-state index contributed by atoms with van der Waals surface area (Å²) in [5.74, 6) is -0.386. The molecule has 2 N–H and O–H groups in total. The molecule has 5 nitrogen and oxygen atoms in total. The minimum absolute atomic E-state index is 0.0267. The van der Waals surface area contributed by atoms with E-state index in [2.05, 4.69) is 15.4 Å². The molecule has 0 radical (unpaired) electrons. The van der Waals surface area contributed by atoms with E-state index in [-0.39, 0.29) is 16.8 Å². The molecule has 9 heteroatoms. The summed E-state index contributed by atoms with van der Waals surface area (Å²) in [6.45, 7) is 1.94. The fraction of sp³-hybridized carbons (Fsp3) is 0.130. The lowest BCUT2D eigenvalue weighted by Gasteiger charge is -2.16. The van der Waals surface area contributed by atoms with Gasteiger partial charge in [-0.2, -0.15) is 0 Å². The minimum Gasteiger partial charge on any atom is -0.486 e. The van der Waals surface area contributed by atoms with Crippen LogP contribution in [0.3, 0.4) is 0 Å². The van der Waals surface area contributed by atoms with Crippen LogP contribution in [-0.2, 0) is 0 Å². The summed E-state index contributed by atoms with van der Waals surface area (Å²) in [5.41, 5.74) is 1.75. The quantitative estimate of drug-likeness (QED) is 0.452. The van der Waals surface area contributed by atoms with E-state index in [1.807, 2.05) is 37.3 Å². The Kier molecular flexibility index (Phi) is 7.32. The van der Waals surface area contributed by atoms with Gasteiger partial charge in [0, 0.05) is 17.3 Å². The van der Waals surface area contributed by atoms with E-state index in [1.165, 1.54) is 12.1 Å². The van der Waals surface area contributed by atoms with Crippen LogP contribution in [0, 0.1) is 0 Å². The summed E-state index contributed by atoms with van der Waals surface area (Å²) in [6, 6.07) is 21.3. The number of amides is 1. The second-order valence-electron chi connectivity index (χ2n) is 6.68. The molecule has 0 aliphatic carbocycles. The lowest BCUT2D eigenvalue weighted by Crippen LogP contribution is -2.34. The number of alkyl halides is 3. The topological polar surface area (TPSA) is 59.6 Å². The average molecular weight is 460 g/mol. The molecule has 0 bridgehead atoms. The molecule has 32 heavy (non-hydrogen) atoms. The average Bonchev–Trinajstić information content (AvgIpc) is 2.74. The van der Waals surface area contributed by atoms with Crippen LogP contribution >= 0.6 is 12.2 Å². The summed E-state index contributed by atoms with van der Waals surface area (Å²) in [6.07, 6.45) is -4.96. The molecule has 0 aliphatic rings. The van der Waals surface area contributed by atoms with Gasteiger partial charge in [0.05, 0.1) is 0 Å². The van der Waals surface area contributed by atoms with E-state index in [0.717, 1.165) is 17.7 Å². The smallest absolute Gasteiger partial charge is 0.486 e. The van der Waals surface area contributed by atoms with Gasteiger partial charge in [-0.15, -0.1) is 13.2 Å². The molecule has 0 spiro atoms. The first-order valence-electron chi connectivity index (χ1n) is 9.49. The van der Waals surface area contributed by atoms with Gasteiger partial charge in [0.25, 0.3) is 5.91 Å². The standard InChI is InChI=1S/C23H19F3N2O3S/c1-15(16-6-3-2-4-7-16)30-20-9-5-8-18(14-20)27-22(32)28-21(29)17-10-12-19(13-11-17)31-23(24,25)26/h2-15H,1H3,(H2,27,28,29,32)/t15-/m0/s1. The Morgan fingerprint density at radius 2 is 1.62 bits per heavy atom. The number of hydrogen-bond acceptors (Lipinski definition) is 4. The summed E-state index contributed by atoms with van der Waals surface area (Å²) >= 11 is 5.16. The molecule has 3 rings (SSSR count). The van der Waals surface area contributed by atoms with E-state index >= 15 is 0 Å². The highest BCUT2D eigenvalue weighted by molar-refractivity contribution is 7.80. The minimum atomic E-state index is -4.80. The first kappa shape index (κ1) is 23.1. The number of nitrogens with one attached hydrogen (secondary N) is 2. The summed E-state index contributed by atoms with van der Waals surface area (Å²) < 4.78 is 46.4. The second kappa shape index (κ2) is 10.1. The van der Waals surface area contributed by atoms with Crippen LogP contribution in [0.5, 0.6) is 11.5 Å². The van der Waals surface area contributed by atoms with Crippen LogP contribution in [0.15, 0.2) is 78.9 Å². The lowest BCUT2D eigenvalue weighted by atomic mass is 10.1. The van der Waals surface area contributed by atoms with Crippen molar-refractivity contribution in [1.29, 1.82) is 0 Å². The molecule has 1 amide bonds. The molecular weight excluding hydrogens is 441 g/mol. The van der Waals surface area contributed by atoms with E-state index in [1.54, 1.807) is 24.3 Å². The number of hydrogen-bond donors (Lipinski definition) is 2. The maximum atomic E-state index is 12.3. The maximum absolute atomic E-state index is 12.3. The van der Waals surface area contributed by atoms with Gasteiger partial charge >= 0.3 is 6.36 Å². The number of halogens is 3. The van der Waals surface area contributed by atoms with Gasteiger partial charge in [-0.1, -0.05) is 36.4 Å². The fourth-order valence-corrected chi connectivity index (χ4v) is 3.00. The zero-order chi connectivity index (χ0) is 23.1. The van der Waals surface area contributed by atoms with Crippen molar-refractivity contribution in [3.8, 4) is 11.5 Å². The van der Waals surface area contributed by atoms with Gasteiger partial charge in [-0.25, -0.2) is 0 Å². The normalized spacial score (nSPS) is 11.9. The van der Waals surface area contributed by atoms with Gasteiger partial charge < -0.3 is 14.8 Å². The van der Waals surface area contributed by atoms with Crippen LogP contribution in [0.4, 0.5) is 18.9 Å². The zero-order valence-electron chi connectivity index (χ0n) is 16.8. The molecule has 0 saturated heterocycles. The number of carbonyl (C=O) groups excluding carboxylic acids is 1. The van der Waals surface area contributed by atoms with E-state index < -0.39 is 18.0 Å². The third kappa shape index (κ3) is 6.98. The molecule has 0 fully saturated rings. The third-order valence-corrected chi connectivity index (χ3v) is 4.46. The number of benzene rings is 3. The van der Waals surface area contributed by atoms with Crippen molar-refractivity contribution in [2.75, 3.05) is 5.32 Å². The zero-order valence-corrected chi connectivity index (χ0v) is 17.7. The molecule has 0 saturated carbocycles. The highest BCUT2D eigenvalue weighted by Gasteiger charge is 2.31. The van der Waals surface area contributed by atoms with Crippen LogP contribution in [0.1, 0.15) is 28.9 Å². The molecule has 3 aromatic rings. The number of rotatable bonds is 6. The molecule has 0 aromatic heterocycles. The van der Waals surface area contributed by atoms with Crippen molar-refractivity contribution < 1.29 is 27.4 Å². The molecule has 1 atom stereocenters. The van der Waals surface area contributed by atoms with Crippen LogP contribution < -0.4 is 20.1 Å². The van der Waals surface area contributed by atoms with Gasteiger partial charge in [0.15, 0.2) is 5.11 Å². The van der Waals surface area contributed by atoms with Gasteiger partial charge in [0.2, 0.25) is 0 Å². The number of ether oxygens (including phenoxy) is 2. The van der Waals surface area contributed by atoms with Crippen molar-refractivity contribution in [1.82, 2.24) is 5.32 Å². The van der Waals surface area contributed by atoms with Crippen LogP contribution in [0.2, 0.25) is 0 Å². The maximum Gasteiger partial charge on any atom is 0.573 e. The molecule has 0 unspecified atom stereocenters. The Balaban J connectivity index is 1.56. The Bertz CT molecular complexity index is 1070.